The van der Waals surface area contributed by atoms with Gasteiger partial charge in [0.1, 0.15) is 22.7 Å². The Morgan fingerprint density at radius 2 is 1.95 bits per heavy atom. The molecule has 1 unspecified atom stereocenters. The van der Waals surface area contributed by atoms with Crippen molar-refractivity contribution >= 4 is 29.3 Å². The Morgan fingerprint density at radius 1 is 1.14 bits per heavy atom. The highest BCUT2D eigenvalue weighted by atomic mass is 35.5. The number of nitrogens with zero attached hydrogens (tertiary/aromatic N) is 2. The van der Waals surface area contributed by atoms with E-state index < -0.39 is 5.56 Å². The number of halogens is 1. The maximum Gasteiger partial charge on any atom is 0.262 e. The molecule has 8 nitrogen and oxygen atoms in total. The van der Waals surface area contributed by atoms with Gasteiger partial charge in [-0.25, -0.2) is 4.98 Å². The van der Waals surface area contributed by atoms with E-state index in [1.54, 1.807) is 23.1 Å². The normalized spacial score (nSPS) is 19.6. The first kappa shape index (κ1) is 25.5. The standard InChI is InChI=1S/C28H32N4O4.ClH/c33-23-6-3-7-24(36-16-17-8-9-17)25(23)22-14-19(18-5-4-10-29-15-18)20-13-21(27(34)31-26(20)30-22)28(35)32-11-1-2-12-32;/h3,6-7,13-14,17-18,29,33H,1-2,4-5,8-12,15-16H2,(H,30,31,34);1H. The number of amides is 1. The number of H-pyrrole nitrogens is 1. The van der Waals surface area contributed by atoms with Gasteiger partial charge < -0.3 is 25.0 Å². The number of hydrogen-bond donors (Lipinski definition) is 3. The molecule has 9 heteroatoms. The van der Waals surface area contributed by atoms with Gasteiger partial charge in [0.15, 0.2) is 0 Å². The van der Waals surface area contributed by atoms with E-state index >= 15 is 0 Å². The zero-order chi connectivity index (χ0) is 24.6. The Hall–Kier alpha value is -3.10. The molecule has 3 aliphatic rings. The van der Waals surface area contributed by atoms with Gasteiger partial charge in [-0.3, -0.25) is 9.59 Å². The second kappa shape index (κ2) is 10.7. The van der Waals surface area contributed by atoms with E-state index in [-0.39, 0.29) is 35.5 Å². The Kier molecular flexibility index (Phi) is 7.40. The zero-order valence-corrected chi connectivity index (χ0v) is 21.6. The molecule has 1 saturated carbocycles. The summed E-state index contributed by atoms with van der Waals surface area (Å²) in [5.74, 6) is 1.22. The minimum absolute atomic E-state index is 0. The molecule has 1 aromatic carbocycles. The maximum atomic E-state index is 13.1. The van der Waals surface area contributed by atoms with Crippen LogP contribution in [0.1, 0.15) is 60.4 Å². The number of hydrogen-bond acceptors (Lipinski definition) is 6. The lowest BCUT2D eigenvalue weighted by atomic mass is 9.88. The Bertz CT molecular complexity index is 1360. The molecule has 37 heavy (non-hydrogen) atoms. The molecule has 1 atom stereocenters. The van der Waals surface area contributed by atoms with Crippen LogP contribution in [0.2, 0.25) is 0 Å². The first-order chi connectivity index (χ1) is 17.6. The molecule has 3 fully saturated rings. The summed E-state index contributed by atoms with van der Waals surface area (Å²) in [4.78, 5) is 35.6. The molecule has 1 aliphatic carbocycles. The van der Waals surface area contributed by atoms with Crippen molar-refractivity contribution in [2.24, 2.45) is 5.92 Å². The second-order valence-electron chi connectivity index (χ2n) is 10.3. The molecular weight excluding hydrogens is 492 g/mol. The second-order valence-corrected chi connectivity index (χ2v) is 10.3. The molecule has 4 heterocycles. The van der Waals surface area contributed by atoms with Crippen LogP contribution >= 0.6 is 12.4 Å². The summed E-state index contributed by atoms with van der Waals surface area (Å²) < 4.78 is 6.09. The third-order valence-electron chi connectivity index (χ3n) is 7.65. The first-order valence-electron chi connectivity index (χ1n) is 13.1. The first-order valence-corrected chi connectivity index (χ1v) is 13.1. The highest BCUT2D eigenvalue weighted by molar-refractivity contribution is 5.98. The van der Waals surface area contributed by atoms with Crippen molar-refractivity contribution in [1.29, 1.82) is 0 Å². The third kappa shape index (κ3) is 5.18. The van der Waals surface area contributed by atoms with Crippen molar-refractivity contribution in [3.8, 4) is 22.8 Å². The number of carbonyl (C=O) groups excluding carboxylic acids is 1. The summed E-state index contributed by atoms with van der Waals surface area (Å²) >= 11 is 0. The molecule has 2 aromatic heterocycles. The van der Waals surface area contributed by atoms with Crippen LogP contribution in [0.15, 0.2) is 35.1 Å². The van der Waals surface area contributed by atoms with E-state index in [4.69, 9.17) is 9.72 Å². The summed E-state index contributed by atoms with van der Waals surface area (Å²) in [6, 6.07) is 8.98. The molecule has 2 saturated heterocycles. The van der Waals surface area contributed by atoms with E-state index in [2.05, 4.69) is 10.3 Å². The number of carbonyl (C=O) groups is 1. The third-order valence-corrected chi connectivity index (χ3v) is 7.65. The van der Waals surface area contributed by atoms with Gasteiger partial charge in [-0.05, 0) is 86.7 Å². The smallest absolute Gasteiger partial charge is 0.262 e. The average Bonchev–Trinajstić information content (AvgIpc) is 3.56. The quantitative estimate of drug-likeness (QED) is 0.446. The Balaban J connectivity index is 0.00000280. The number of aromatic nitrogens is 2. The topological polar surface area (TPSA) is 108 Å². The van der Waals surface area contributed by atoms with Gasteiger partial charge in [-0.15, -0.1) is 12.4 Å². The van der Waals surface area contributed by atoms with Crippen molar-refractivity contribution in [1.82, 2.24) is 20.2 Å². The van der Waals surface area contributed by atoms with E-state index in [0.29, 0.717) is 48.3 Å². The molecule has 0 spiro atoms. The van der Waals surface area contributed by atoms with E-state index in [1.807, 2.05) is 12.1 Å². The monoisotopic (exact) mass is 524 g/mol. The largest absolute Gasteiger partial charge is 0.507 e. The molecule has 196 valence electrons. The number of benzene rings is 1. The molecule has 0 radical (unpaired) electrons. The zero-order valence-electron chi connectivity index (χ0n) is 20.8. The lowest BCUT2D eigenvalue weighted by molar-refractivity contribution is 0.0791. The van der Waals surface area contributed by atoms with Gasteiger partial charge in [-0.1, -0.05) is 6.07 Å². The number of phenols is 1. The van der Waals surface area contributed by atoms with Crippen molar-refractivity contribution < 1.29 is 14.6 Å². The van der Waals surface area contributed by atoms with Crippen molar-refractivity contribution in [3.05, 3.63) is 51.8 Å². The number of piperidine rings is 1. The fraction of sp³-hybridized carbons (Fsp3) is 0.464. The van der Waals surface area contributed by atoms with Crippen molar-refractivity contribution in [2.75, 3.05) is 32.8 Å². The number of rotatable bonds is 6. The molecule has 1 amide bonds. The molecular formula is C28H33ClN4O4. The number of pyridine rings is 2. The number of aromatic amines is 1. The molecule has 3 aromatic rings. The molecule has 2 aliphatic heterocycles. The molecule has 6 rings (SSSR count). The number of phenolic OH excluding ortho intramolecular Hbond substituents is 1. The predicted molar refractivity (Wildman–Crippen MR) is 145 cm³/mol. The lowest BCUT2D eigenvalue weighted by Gasteiger charge is -2.25. The minimum atomic E-state index is -0.431. The van der Waals surface area contributed by atoms with Crippen LogP contribution in [-0.2, 0) is 0 Å². The summed E-state index contributed by atoms with van der Waals surface area (Å²) in [5, 5.41) is 15.1. The molecule has 0 bridgehead atoms. The number of fused-ring (bicyclic) bond motifs is 1. The summed E-state index contributed by atoms with van der Waals surface area (Å²) in [5.41, 5.74) is 2.27. The van der Waals surface area contributed by atoms with Gasteiger partial charge >= 0.3 is 0 Å². The predicted octanol–water partition coefficient (Wildman–Crippen LogP) is 4.21. The lowest BCUT2D eigenvalue weighted by Crippen LogP contribution is -2.32. The van der Waals surface area contributed by atoms with E-state index in [9.17, 15) is 14.7 Å². The van der Waals surface area contributed by atoms with Crippen molar-refractivity contribution in [3.63, 3.8) is 0 Å². The Labute approximate surface area is 221 Å². The van der Waals surface area contributed by atoms with Crippen LogP contribution in [0.4, 0.5) is 0 Å². The fourth-order valence-corrected chi connectivity index (χ4v) is 5.43. The average molecular weight is 525 g/mol. The number of ether oxygens (including phenoxy) is 1. The molecule has 3 N–H and O–H groups in total. The summed E-state index contributed by atoms with van der Waals surface area (Å²) in [7, 11) is 0. The minimum Gasteiger partial charge on any atom is -0.507 e. The van der Waals surface area contributed by atoms with Crippen LogP contribution in [0.3, 0.4) is 0 Å². The van der Waals surface area contributed by atoms with Crippen LogP contribution < -0.4 is 15.6 Å². The summed E-state index contributed by atoms with van der Waals surface area (Å²) in [6.07, 6.45) is 6.30. The van der Waals surface area contributed by atoms with E-state index in [0.717, 1.165) is 49.7 Å². The van der Waals surface area contributed by atoms with Gasteiger partial charge in [-0.2, -0.15) is 0 Å². The maximum absolute atomic E-state index is 13.1. The highest BCUT2D eigenvalue weighted by Gasteiger charge is 2.27. The van der Waals surface area contributed by atoms with Gasteiger partial charge in [0.05, 0.1) is 17.9 Å². The van der Waals surface area contributed by atoms with Gasteiger partial charge in [0, 0.05) is 25.0 Å². The van der Waals surface area contributed by atoms with Gasteiger partial charge in [0.25, 0.3) is 11.5 Å². The SMILES string of the molecule is Cl.O=C(c1cc2c(C3CCCNC3)cc(-c3c(O)cccc3OCC3CC3)nc2[nH]c1=O)N1CCCC1. The van der Waals surface area contributed by atoms with Crippen LogP contribution in [-0.4, -0.2) is 58.7 Å². The fourth-order valence-electron chi connectivity index (χ4n) is 5.43. The van der Waals surface area contributed by atoms with Gasteiger partial charge in [0.2, 0.25) is 0 Å². The highest BCUT2D eigenvalue weighted by Crippen LogP contribution is 2.41. The van der Waals surface area contributed by atoms with Crippen LogP contribution in [0.5, 0.6) is 11.5 Å². The van der Waals surface area contributed by atoms with Crippen LogP contribution in [0, 0.1) is 5.92 Å². The number of aromatic hydroxyl groups is 1. The van der Waals surface area contributed by atoms with Crippen LogP contribution in [0.25, 0.3) is 22.3 Å². The van der Waals surface area contributed by atoms with Crippen molar-refractivity contribution in [2.45, 2.75) is 44.4 Å². The Morgan fingerprint density at radius 3 is 2.68 bits per heavy atom. The van der Waals surface area contributed by atoms with E-state index in [1.165, 1.54) is 12.8 Å². The number of likely N-dealkylation sites (tertiary alicyclic amines) is 1. The number of nitrogens with one attached hydrogen (secondary N) is 2. The summed E-state index contributed by atoms with van der Waals surface area (Å²) in [6.45, 7) is 3.76.